The van der Waals surface area contributed by atoms with Crippen LogP contribution < -0.4 is 10.6 Å². The van der Waals surface area contributed by atoms with Crippen molar-refractivity contribution in [2.24, 2.45) is 4.99 Å². The number of benzene rings is 1. The van der Waals surface area contributed by atoms with Gasteiger partial charge in [0.25, 0.3) is 5.69 Å². The fourth-order valence-electron chi connectivity index (χ4n) is 1.81. The Hall–Kier alpha value is -1.03. The molecule has 2 N–H and O–H groups in total. The van der Waals surface area contributed by atoms with Gasteiger partial charge in [0, 0.05) is 25.2 Å². The van der Waals surface area contributed by atoms with E-state index in [2.05, 4.69) is 21.9 Å². The summed E-state index contributed by atoms with van der Waals surface area (Å²) < 4.78 is 0. The predicted octanol–water partition coefficient (Wildman–Crippen LogP) is 3.41. The third-order valence-corrected chi connectivity index (χ3v) is 3.68. The molecule has 0 amide bonds. The molecule has 0 bridgehead atoms. The molecule has 0 spiro atoms. The zero-order valence-electron chi connectivity index (χ0n) is 13.6. The zero-order valence-corrected chi connectivity index (χ0v) is 16.7. The molecule has 8 heteroatoms. The maximum atomic E-state index is 10.6. The Balaban J connectivity index is 0.00000484. The fourth-order valence-corrected chi connectivity index (χ4v) is 2.31. The average molecular weight is 452 g/mol. The molecular formula is C15H25IN4O2S. The number of nitro benzene ring substituents is 1. The van der Waals surface area contributed by atoms with Crippen LogP contribution in [0, 0.1) is 10.1 Å². The van der Waals surface area contributed by atoms with Gasteiger partial charge in [0.1, 0.15) is 0 Å². The van der Waals surface area contributed by atoms with Crippen LogP contribution in [0.15, 0.2) is 29.3 Å². The molecule has 1 aromatic rings. The van der Waals surface area contributed by atoms with Gasteiger partial charge in [0.2, 0.25) is 0 Å². The molecule has 0 aromatic heterocycles. The summed E-state index contributed by atoms with van der Waals surface area (Å²) in [5.41, 5.74) is 1.05. The molecule has 0 radical (unpaired) electrons. The van der Waals surface area contributed by atoms with Gasteiger partial charge in [0.05, 0.1) is 11.5 Å². The van der Waals surface area contributed by atoms with Gasteiger partial charge in [-0.2, -0.15) is 11.8 Å². The smallest absolute Gasteiger partial charge is 0.269 e. The van der Waals surface area contributed by atoms with Gasteiger partial charge in [-0.25, -0.2) is 4.99 Å². The summed E-state index contributed by atoms with van der Waals surface area (Å²) in [7, 11) is 0. The lowest BCUT2D eigenvalue weighted by Crippen LogP contribution is -2.37. The van der Waals surface area contributed by atoms with E-state index in [0.717, 1.165) is 31.0 Å². The number of halogens is 1. The highest BCUT2D eigenvalue weighted by Crippen LogP contribution is 2.12. The van der Waals surface area contributed by atoms with E-state index < -0.39 is 4.92 Å². The summed E-state index contributed by atoms with van der Waals surface area (Å²) in [5, 5.41) is 17.1. The summed E-state index contributed by atoms with van der Waals surface area (Å²) >= 11 is 1.86. The number of hydrogen-bond donors (Lipinski definition) is 2. The molecule has 130 valence electrons. The van der Waals surface area contributed by atoms with Crippen molar-refractivity contribution in [2.75, 3.05) is 25.1 Å². The summed E-state index contributed by atoms with van der Waals surface area (Å²) in [5.74, 6) is 1.96. The second-order valence-corrected chi connectivity index (χ2v) is 5.73. The first-order chi connectivity index (χ1) is 10.7. The van der Waals surface area contributed by atoms with Crippen molar-refractivity contribution in [1.82, 2.24) is 10.6 Å². The van der Waals surface area contributed by atoms with Crippen molar-refractivity contribution in [3.05, 3.63) is 39.9 Å². The van der Waals surface area contributed by atoms with Crippen LogP contribution in [0.5, 0.6) is 0 Å². The van der Waals surface area contributed by atoms with E-state index >= 15 is 0 Å². The van der Waals surface area contributed by atoms with Gasteiger partial charge in [0.15, 0.2) is 5.96 Å². The van der Waals surface area contributed by atoms with Crippen molar-refractivity contribution in [2.45, 2.75) is 26.3 Å². The van der Waals surface area contributed by atoms with Crippen LogP contribution in [0.3, 0.4) is 0 Å². The Bertz CT molecular complexity index is 483. The van der Waals surface area contributed by atoms with Crippen LogP contribution in [0.25, 0.3) is 0 Å². The fraction of sp³-hybridized carbons (Fsp3) is 0.533. The summed E-state index contributed by atoms with van der Waals surface area (Å²) in [6, 6.07) is 6.49. The van der Waals surface area contributed by atoms with Gasteiger partial charge in [-0.15, -0.1) is 24.0 Å². The first-order valence-corrected chi connectivity index (χ1v) is 8.81. The number of thioether (sulfide) groups is 1. The van der Waals surface area contributed by atoms with Crippen molar-refractivity contribution in [1.29, 1.82) is 0 Å². The second-order valence-electron chi connectivity index (χ2n) is 4.75. The molecule has 0 saturated carbocycles. The molecular weight excluding hydrogens is 427 g/mol. The standard InChI is InChI=1S/C15H24N4O2S.HI/c1-3-16-15(17-10-4-5-11-22-2)18-12-13-6-8-14(9-7-13)19(20)21;/h6-9H,3-5,10-12H2,1-2H3,(H2,16,17,18);1H. The van der Waals surface area contributed by atoms with E-state index in [4.69, 9.17) is 0 Å². The van der Waals surface area contributed by atoms with Crippen LogP contribution in [0.2, 0.25) is 0 Å². The highest BCUT2D eigenvalue weighted by molar-refractivity contribution is 14.0. The molecule has 0 aliphatic heterocycles. The number of rotatable bonds is 9. The van der Waals surface area contributed by atoms with E-state index in [9.17, 15) is 10.1 Å². The molecule has 0 heterocycles. The highest BCUT2D eigenvalue weighted by Gasteiger charge is 2.03. The summed E-state index contributed by atoms with van der Waals surface area (Å²) in [6.07, 6.45) is 4.42. The van der Waals surface area contributed by atoms with Crippen LogP contribution in [0.4, 0.5) is 5.69 Å². The third kappa shape index (κ3) is 9.65. The van der Waals surface area contributed by atoms with Crippen molar-refractivity contribution >= 4 is 47.4 Å². The minimum atomic E-state index is -0.396. The monoisotopic (exact) mass is 452 g/mol. The lowest BCUT2D eigenvalue weighted by atomic mass is 10.2. The van der Waals surface area contributed by atoms with Gasteiger partial charge < -0.3 is 10.6 Å². The third-order valence-electron chi connectivity index (χ3n) is 2.98. The maximum Gasteiger partial charge on any atom is 0.269 e. The van der Waals surface area contributed by atoms with Crippen LogP contribution in [-0.2, 0) is 6.54 Å². The van der Waals surface area contributed by atoms with Gasteiger partial charge in [-0.05, 0) is 37.3 Å². The van der Waals surface area contributed by atoms with Crippen LogP contribution in [-0.4, -0.2) is 36.0 Å². The molecule has 0 aliphatic rings. The molecule has 6 nitrogen and oxygen atoms in total. The molecule has 1 rings (SSSR count). The van der Waals surface area contributed by atoms with Gasteiger partial charge in [-0.1, -0.05) is 12.1 Å². The predicted molar refractivity (Wildman–Crippen MR) is 109 cm³/mol. The largest absolute Gasteiger partial charge is 0.357 e. The van der Waals surface area contributed by atoms with Crippen molar-refractivity contribution in [3.8, 4) is 0 Å². The summed E-state index contributed by atoms with van der Waals surface area (Å²) in [4.78, 5) is 14.7. The molecule has 0 aliphatic carbocycles. The lowest BCUT2D eigenvalue weighted by molar-refractivity contribution is -0.384. The first kappa shape index (κ1) is 22.0. The number of hydrogen-bond acceptors (Lipinski definition) is 4. The normalized spacial score (nSPS) is 10.8. The number of nitro groups is 1. The minimum absolute atomic E-state index is 0. The molecule has 0 unspecified atom stereocenters. The topological polar surface area (TPSA) is 79.6 Å². The van der Waals surface area contributed by atoms with Crippen molar-refractivity contribution in [3.63, 3.8) is 0 Å². The van der Waals surface area contributed by atoms with E-state index in [1.165, 1.54) is 24.3 Å². The Morgan fingerprint density at radius 3 is 2.52 bits per heavy atom. The molecule has 0 saturated heterocycles. The van der Waals surface area contributed by atoms with E-state index in [0.29, 0.717) is 6.54 Å². The Morgan fingerprint density at radius 1 is 1.26 bits per heavy atom. The van der Waals surface area contributed by atoms with Gasteiger partial charge in [-0.3, -0.25) is 10.1 Å². The maximum absolute atomic E-state index is 10.6. The Kier molecular flexibility index (Phi) is 12.8. The SMILES string of the molecule is CCNC(=NCc1ccc([N+](=O)[O-])cc1)NCCCCSC.I. The number of nitrogens with zero attached hydrogens (tertiary/aromatic N) is 2. The molecule has 1 aromatic carbocycles. The molecule has 0 fully saturated rings. The lowest BCUT2D eigenvalue weighted by Gasteiger charge is -2.11. The number of nitrogens with one attached hydrogen (secondary N) is 2. The van der Waals surface area contributed by atoms with Gasteiger partial charge >= 0.3 is 0 Å². The molecule has 0 atom stereocenters. The quantitative estimate of drug-likeness (QED) is 0.150. The van der Waals surface area contributed by atoms with E-state index in [1.54, 1.807) is 12.1 Å². The Labute approximate surface area is 159 Å². The van der Waals surface area contributed by atoms with Crippen LogP contribution in [0.1, 0.15) is 25.3 Å². The number of aliphatic imine (C=N–C) groups is 1. The van der Waals surface area contributed by atoms with E-state index in [-0.39, 0.29) is 29.7 Å². The van der Waals surface area contributed by atoms with Crippen LogP contribution >= 0.6 is 35.7 Å². The Morgan fingerprint density at radius 2 is 1.96 bits per heavy atom. The second kappa shape index (κ2) is 13.4. The summed E-state index contributed by atoms with van der Waals surface area (Å²) in [6.45, 7) is 4.22. The number of unbranched alkanes of at least 4 members (excludes halogenated alkanes) is 1. The number of non-ortho nitro benzene ring substituents is 1. The van der Waals surface area contributed by atoms with Crippen molar-refractivity contribution < 1.29 is 4.92 Å². The highest BCUT2D eigenvalue weighted by atomic mass is 127. The number of guanidine groups is 1. The zero-order chi connectivity index (χ0) is 16.2. The first-order valence-electron chi connectivity index (χ1n) is 7.41. The minimum Gasteiger partial charge on any atom is -0.357 e. The van der Waals surface area contributed by atoms with E-state index in [1.807, 2.05) is 18.7 Å². The molecule has 23 heavy (non-hydrogen) atoms. The average Bonchev–Trinajstić information content (AvgIpc) is 2.52.